The predicted octanol–water partition coefficient (Wildman–Crippen LogP) is 2.14. The molecule has 1 atom stereocenters. The van der Waals surface area contributed by atoms with E-state index in [1.54, 1.807) is 31.1 Å². The summed E-state index contributed by atoms with van der Waals surface area (Å²) in [5.74, 6) is 0.568. The monoisotopic (exact) mass is 493 g/mol. The summed E-state index contributed by atoms with van der Waals surface area (Å²) in [6.45, 7) is 2.43. The van der Waals surface area contributed by atoms with E-state index in [0.717, 1.165) is 5.56 Å². The number of anilines is 1. The van der Waals surface area contributed by atoms with E-state index in [1.807, 2.05) is 12.1 Å². The number of hydrogen-bond acceptors (Lipinski definition) is 6. The molecule has 1 fully saturated rings. The number of carbonyl (C=O) groups is 2. The fraction of sp³-hybridized carbons (Fsp3) is 0.364. The van der Waals surface area contributed by atoms with Crippen LogP contribution in [0.1, 0.15) is 12.5 Å². The Morgan fingerprint density at radius 2 is 1.85 bits per heavy atom. The number of nitrogens with one attached hydrogen (secondary N) is 1. The van der Waals surface area contributed by atoms with Crippen molar-refractivity contribution in [2.24, 2.45) is 0 Å². The van der Waals surface area contributed by atoms with Crippen LogP contribution in [0.3, 0.4) is 0 Å². The molecule has 0 spiro atoms. The lowest BCUT2D eigenvalue weighted by molar-refractivity contribution is -0.131. The van der Waals surface area contributed by atoms with Gasteiger partial charge in [0.1, 0.15) is 16.4 Å². The lowest BCUT2D eigenvalue weighted by Gasteiger charge is -2.34. The quantitative estimate of drug-likeness (QED) is 0.684. The zero-order chi connectivity index (χ0) is 23.8. The molecule has 1 N–H and O–H groups in total. The van der Waals surface area contributed by atoms with Gasteiger partial charge in [-0.05, 0) is 30.7 Å². The standard InChI is InChI=1S/C22H24ClN3O6S/c1-14-22(28)24-18-12-17(23)20(13-19(18)32-14)33(29,30)26-9-7-25(8-10-26)21(27)11-15-3-5-16(31-2)6-4-15/h3-6,12-14H,7-11H2,1-2H3,(H,24,28)/t14-/m1/s1. The van der Waals surface area contributed by atoms with Crippen molar-refractivity contribution < 1.29 is 27.5 Å². The number of sulfonamides is 1. The van der Waals surface area contributed by atoms with E-state index in [9.17, 15) is 18.0 Å². The molecule has 0 radical (unpaired) electrons. The summed E-state index contributed by atoms with van der Waals surface area (Å²) in [4.78, 5) is 26.0. The molecular formula is C22H24ClN3O6S. The number of rotatable bonds is 5. The van der Waals surface area contributed by atoms with Gasteiger partial charge in [-0.25, -0.2) is 8.42 Å². The minimum atomic E-state index is -3.92. The summed E-state index contributed by atoms with van der Waals surface area (Å²) in [5.41, 5.74) is 1.19. The number of methoxy groups -OCH3 is 1. The molecular weight excluding hydrogens is 470 g/mol. The molecule has 0 unspecified atom stereocenters. The van der Waals surface area contributed by atoms with E-state index in [2.05, 4.69) is 5.32 Å². The summed E-state index contributed by atoms with van der Waals surface area (Å²) < 4.78 is 38.5. The van der Waals surface area contributed by atoms with Gasteiger partial charge in [-0.2, -0.15) is 4.31 Å². The van der Waals surface area contributed by atoms with Crippen LogP contribution in [0.15, 0.2) is 41.3 Å². The van der Waals surface area contributed by atoms with Gasteiger partial charge in [-0.3, -0.25) is 9.59 Å². The van der Waals surface area contributed by atoms with Gasteiger partial charge in [-0.15, -0.1) is 0 Å². The van der Waals surface area contributed by atoms with Gasteiger partial charge in [-0.1, -0.05) is 23.7 Å². The van der Waals surface area contributed by atoms with Crippen LogP contribution in [-0.2, 0) is 26.0 Å². The highest BCUT2D eigenvalue weighted by atomic mass is 35.5. The molecule has 2 aromatic carbocycles. The van der Waals surface area contributed by atoms with Crippen molar-refractivity contribution in [2.75, 3.05) is 38.6 Å². The molecule has 2 amide bonds. The highest BCUT2D eigenvalue weighted by Gasteiger charge is 2.34. The van der Waals surface area contributed by atoms with Crippen molar-refractivity contribution in [3.05, 3.63) is 47.0 Å². The van der Waals surface area contributed by atoms with Crippen molar-refractivity contribution in [3.8, 4) is 11.5 Å². The maximum Gasteiger partial charge on any atom is 0.265 e. The smallest absolute Gasteiger partial charge is 0.265 e. The molecule has 4 rings (SSSR count). The second-order valence-electron chi connectivity index (χ2n) is 7.84. The number of halogens is 1. The second kappa shape index (κ2) is 9.20. The number of ether oxygens (including phenoxy) is 2. The van der Waals surface area contributed by atoms with Gasteiger partial charge in [0.15, 0.2) is 6.10 Å². The van der Waals surface area contributed by atoms with Crippen LogP contribution in [0.2, 0.25) is 5.02 Å². The molecule has 2 aromatic rings. The molecule has 2 aliphatic rings. The van der Waals surface area contributed by atoms with E-state index in [-0.39, 0.29) is 60.1 Å². The topological polar surface area (TPSA) is 105 Å². The Hall–Kier alpha value is -2.82. The van der Waals surface area contributed by atoms with Crippen molar-refractivity contribution in [3.63, 3.8) is 0 Å². The number of benzene rings is 2. The summed E-state index contributed by atoms with van der Waals surface area (Å²) in [6.07, 6.45) is -0.510. The fourth-order valence-electron chi connectivity index (χ4n) is 3.75. The molecule has 33 heavy (non-hydrogen) atoms. The maximum atomic E-state index is 13.3. The third kappa shape index (κ3) is 4.78. The highest BCUT2D eigenvalue weighted by Crippen LogP contribution is 2.38. The van der Waals surface area contributed by atoms with Crippen LogP contribution >= 0.6 is 11.6 Å². The molecule has 0 bridgehead atoms. The minimum Gasteiger partial charge on any atom is -0.497 e. The van der Waals surface area contributed by atoms with Gasteiger partial charge in [0, 0.05) is 32.2 Å². The normalized spacial score (nSPS) is 18.8. The van der Waals surface area contributed by atoms with Crippen LogP contribution in [0, 0.1) is 0 Å². The van der Waals surface area contributed by atoms with Gasteiger partial charge < -0.3 is 19.7 Å². The first-order valence-electron chi connectivity index (χ1n) is 10.4. The number of fused-ring (bicyclic) bond motifs is 1. The Morgan fingerprint density at radius 1 is 1.18 bits per heavy atom. The van der Waals surface area contributed by atoms with Gasteiger partial charge in [0.05, 0.1) is 24.2 Å². The summed E-state index contributed by atoms with van der Waals surface area (Å²) in [5, 5.41) is 2.64. The molecule has 2 aliphatic heterocycles. The van der Waals surface area contributed by atoms with Crippen LogP contribution in [0.5, 0.6) is 11.5 Å². The average Bonchev–Trinajstić information content (AvgIpc) is 2.80. The fourth-order valence-corrected chi connectivity index (χ4v) is 5.69. The van der Waals surface area contributed by atoms with Crippen LogP contribution in [0.4, 0.5) is 5.69 Å². The Balaban J connectivity index is 1.43. The molecule has 9 nitrogen and oxygen atoms in total. The van der Waals surface area contributed by atoms with E-state index in [4.69, 9.17) is 21.1 Å². The number of piperazine rings is 1. The Morgan fingerprint density at radius 3 is 2.48 bits per heavy atom. The first-order chi connectivity index (χ1) is 15.7. The van der Waals surface area contributed by atoms with E-state index in [1.165, 1.54) is 16.4 Å². The van der Waals surface area contributed by atoms with Gasteiger partial charge in [0.2, 0.25) is 15.9 Å². The van der Waals surface area contributed by atoms with Crippen LogP contribution < -0.4 is 14.8 Å². The molecule has 0 aromatic heterocycles. The lowest BCUT2D eigenvalue weighted by Crippen LogP contribution is -2.50. The Kier molecular flexibility index (Phi) is 6.51. The zero-order valence-electron chi connectivity index (χ0n) is 18.2. The number of carbonyl (C=O) groups excluding carboxylic acids is 2. The highest BCUT2D eigenvalue weighted by molar-refractivity contribution is 7.89. The predicted molar refractivity (Wildman–Crippen MR) is 122 cm³/mol. The number of hydrogen-bond donors (Lipinski definition) is 1. The third-order valence-electron chi connectivity index (χ3n) is 5.69. The summed E-state index contributed by atoms with van der Waals surface area (Å²) in [7, 11) is -2.34. The minimum absolute atomic E-state index is 0.00906. The Bertz CT molecular complexity index is 1180. The van der Waals surface area contributed by atoms with E-state index < -0.39 is 16.1 Å². The summed E-state index contributed by atoms with van der Waals surface area (Å²) in [6, 6.07) is 9.98. The van der Waals surface area contributed by atoms with E-state index >= 15 is 0 Å². The van der Waals surface area contributed by atoms with Gasteiger partial charge >= 0.3 is 0 Å². The molecule has 2 heterocycles. The first kappa shape index (κ1) is 23.3. The molecule has 1 saturated heterocycles. The number of nitrogens with zero attached hydrogens (tertiary/aromatic N) is 2. The second-order valence-corrected chi connectivity index (χ2v) is 10.2. The molecule has 176 valence electrons. The maximum absolute atomic E-state index is 13.3. The van der Waals surface area contributed by atoms with Crippen LogP contribution in [0.25, 0.3) is 0 Å². The largest absolute Gasteiger partial charge is 0.497 e. The number of amides is 2. The van der Waals surface area contributed by atoms with Crippen LogP contribution in [-0.4, -0.2) is 68.8 Å². The third-order valence-corrected chi connectivity index (χ3v) is 8.05. The zero-order valence-corrected chi connectivity index (χ0v) is 19.8. The lowest BCUT2D eigenvalue weighted by atomic mass is 10.1. The van der Waals surface area contributed by atoms with Crippen molar-refractivity contribution in [2.45, 2.75) is 24.3 Å². The van der Waals surface area contributed by atoms with Crippen molar-refractivity contribution in [1.82, 2.24) is 9.21 Å². The average molecular weight is 494 g/mol. The first-order valence-corrected chi connectivity index (χ1v) is 12.2. The Labute approximate surface area is 197 Å². The molecule has 0 aliphatic carbocycles. The van der Waals surface area contributed by atoms with Gasteiger partial charge in [0.25, 0.3) is 5.91 Å². The van der Waals surface area contributed by atoms with Crippen molar-refractivity contribution >= 4 is 39.1 Å². The van der Waals surface area contributed by atoms with E-state index in [0.29, 0.717) is 11.4 Å². The molecule has 11 heteroatoms. The summed E-state index contributed by atoms with van der Waals surface area (Å²) >= 11 is 6.25. The van der Waals surface area contributed by atoms with Crippen molar-refractivity contribution in [1.29, 1.82) is 0 Å². The SMILES string of the molecule is COc1ccc(CC(=O)N2CCN(S(=O)(=O)c3cc4c(cc3Cl)NC(=O)[C@@H](C)O4)CC2)cc1. The molecule has 0 saturated carbocycles.